The molecule has 1 aliphatic carbocycles. The van der Waals surface area contributed by atoms with Gasteiger partial charge in [0.2, 0.25) is 0 Å². The highest BCUT2D eigenvalue weighted by molar-refractivity contribution is 5.43. The summed E-state index contributed by atoms with van der Waals surface area (Å²) in [6, 6.07) is 23.3. The van der Waals surface area contributed by atoms with E-state index in [0.29, 0.717) is 0 Å². The van der Waals surface area contributed by atoms with E-state index in [9.17, 15) is 5.11 Å². The first-order valence-corrected chi connectivity index (χ1v) is 8.17. The van der Waals surface area contributed by atoms with E-state index in [1.807, 2.05) is 72.8 Å². The van der Waals surface area contributed by atoms with Gasteiger partial charge in [0.15, 0.2) is 5.60 Å². The molecule has 3 atom stereocenters. The molecule has 0 aliphatic heterocycles. The average molecular weight is 314 g/mol. The summed E-state index contributed by atoms with van der Waals surface area (Å²) in [6.07, 6.45) is 2.56. The monoisotopic (exact) mass is 314 g/mol. The maximum Gasteiger partial charge on any atom is 0.154 e. The summed E-state index contributed by atoms with van der Waals surface area (Å²) in [5.41, 5.74) is 0.573. The first-order valence-electron chi connectivity index (χ1n) is 8.17. The molecule has 2 nitrogen and oxygen atoms in total. The third kappa shape index (κ3) is 2.75. The Morgan fingerprint density at radius 3 is 2.29 bits per heavy atom. The van der Waals surface area contributed by atoms with Gasteiger partial charge in [-0.2, -0.15) is 0 Å². The van der Waals surface area contributed by atoms with E-state index >= 15 is 0 Å². The van der Waals surface area contributed by atoms with Crippen LogP contribution in [0.25, 0.3) is 0 Å². The van der Waals surface area contributed by atoms with Crippen molar-refractivity contribution in [1.29, 1.82) is 0 Å². The zero-order chi connectivity index (χ0) is 16.4. The smallest absolute Gasteiger partial charge is 0.154 e. The molecule has 1 aromatic heterocycles. The Balaban J connectivity index is 1.70. The van der Waals surface area contributed by atoms with Crippen LogP contribution >= 0.6 is 0 Å². The van der Waals surface area contributed by atoms with Crippen LogP contribution in [0.5, 0.6) is 0 Å². The summed E-state index contributed by atoms with van der Waals surface area (Å²) in [5.74, 6) is 7.48. The lowest BCUT2D eigenvalue weighted by Gasteiger charge is -2.23. The summed E-state index contributed by atoms with van der Waals surface area (Å²) in [7, 11) is 0. The van der Waals surface area contributed by atoms with E-state index in [-0.39, 0.29) is 11.8 Å². The lowest BCUT2D eigenvalue weighted by molar-refractivity contribution is 0.0724. The van der Waals surface area contributed by atoms with Gasteiger partial charge >= 0.3 is 0 Å². The van der Waals surface area contributed by atoms with E-state index in [4.69, 9.17) is 4.42 Å². The highest BCUT2D eigenvalue weighted by Gasteiger charge is 2.54. The molecular formula is C22H18O2. The van der Waals surface area contributed by atoms with Gasteiger partial charge in [-0.15, -0.1) is 0 Å². The van der Waals surface area contributed by atoms with E-state index < -0.39 is 5.60 Å². The summed E-state index contributed by atoms with van der Waals surface area (Å²) in [6.45, 7) is 0. The predicted octanol–water partition coefficient (Wildman–Crippen LogP) is 4.32. The van der Waals surface area contributed by atoms with Crippen molar-refractivity contribution in [2.24, 2.45) is 5.92 Å². The molecule has 1 aliphatic rings. The van der Waals surface area contributed by atoms with Crippen LogP contribution in [0.15, 0.2) is 83.5 Å². The largest absolute Gasteiger partial charge is 0.469 e. The molecule has 0 radical (unpaired) electrons. The first-order chi connectivity index (χ1) is 11.8. The Morgan fingerprint density at radius 2 is 1.62 bits per heavy atom. The van der Waals surface area contributed by atoms with Crippen molar-refractivity contribution in [3.8, 4) is 11.8 Å². The van der Waals surface area contributed by atoms with Crippen molar-refractivity contribution in [3.63, 3.8) is 0 Å². The van der Waals surface area contributed by atoms with Gasteiger partial charge in [0.25, 0.3) is 0 Å². The molecule has 2 heteroatoms. The molecule has 1 fully saturated rings. The van der Waals surface area contributed by atoms with Crippen molar-refractivity contribution < 1.29 is 9.52 Å². The summed E-state index contributed by atoms with van der Waals surface area (Å²) < 4.78 is 5.52. The molecule has 0 spiro atoms. The van der Waals surface area contributed by atoms with Crippen LogP contribution in [0.2, 0.25) is 0 Å². The topological polar surface area (TPSA) is 33.4 Å². The molecular weight excluding hydrogens is 296 g/mol. The van der Waals surface area contributed by atoms with Crippen molar-refractivity contribution in [1.82, 2.24) is 0 Å². The molecule has 1 heterocycles. The number of aliphatic hydroxyl groups is 1. The fourth-order valence-corrected chi connectivity index (χ4v) is 3.23. The molecule has 0 amide bonds. The Bertz CT molecular complexity index is 857. The highest BCUT2D eigenvalue weighted by Crippen LogP contribution is 2.56. The van der Waals surface area contributed by atoms with Crippen LogP contribution in [-0.4, -0.2) is 5.11 Å². The third-order valence-electron chi connectivity index (χ3n) is 4.62. The maximum absolute atomic E-state index is 11.4. The van der Waals surface area contributed by atoms with E-state index in [2.05, 4.69) is 11.8 Å². The number of hydrogen-bond donors (Lipinski definition) is 1. The molecule has 3 unspecified atom stereocenters. The Hall–Kier alpha value is -2.76. The van der Waals surface area contributed by atoms with Gasteiger partial charge in [-0.25, -0.2) is 0 Å². The molecule has 4 rings (SSSR count). The molecule has 1 N–H and O–H groups in total. The van der Waals surface area contributed by atoms with E-state index in [1.165, 1.54) is 0 Å². The van der Waals surface area contributed by atoms with Gasteiger partial charge in [-0.1, -0.05) is 60.4 Å². The zero-order valence-corrected chi connectivity index (χ0v) is 13.2. The van der Waals surface area contributed by atoms with Gasteiger partial charge < -0.3 is 9.52 Å². The SMILES string of the molecule is OC(C#Cc1ccccc1)(c1ccccc1)C1CC1c1ccco1. The summed E-state index contributed by atoms with van der Waals surface area (Å²) in [4.78, 5) is 0. The van der Waals surface area contributed by atoms with Gasteiger partial charge in [0.1, 0.15) is 5.76 Å². The fraction of sp³-hybridized carbons (Fsp3) is 0.182. The second kappa shape index (κ2) is 6.03. The fourth-order valence-electron chi connectivity index (χ4n) is 3.23. The van der Waals surface area contributed by atoms with Crippen LogP contribution in [0.3, 0.4) is 0 Å². The van der Waals surface area contributed by atoms with Crippen molar-refractivity contribution in [2.45, 2.75) is 17.9 Å². The normalized spacial score (nSPS) is 21.4. The second-order valence-electron chi connectivity index (χ2n) is 6.21. The minimum Gasteiger partial charge on any atom is -0.469 e. The van der Waals surface area contributed by atoms with Crippen LogP contribution in [0.1, 0.15) is 29.2 Å². The molecule has 24 heavy (non-hydrogen) atoms. The van der Waals surface area contributed by atoms with Crippen LogP contribution in [-0.2, 0) is 5.60 Å². The van der Waals surface area contributed by atoms with Gasteiger partial charge in [0.05, 0.1) is 6.26 Å². The van der Waals surface area contributed by atoms with Gasteiger partial charge in [-0.3, -0.25) is 0 Å². The lowest BCUT2D eigenvalue weighted by Crippen LogP contribution is -2.27. The summed E-state index contributed by atoms with van der Waals surface area (Å²) in [5, 5.41) is 11.4. The predicted molar refractivity (Wildman–Crippen MR) is 93.2 cm³/mol. The molecule has 0 saturated heterocycles. The molecule has 1 saturated carbocycles. The molecule has 0 bridgehead atoms. The van der Waals surface area contributed by atoms with E-state index in [1.54, 1.807) is 6.26 Å². The average Bonchev–Trinajstić information content (AvgIpc) is 3.27. The Labute approximate surface area is 141 Å². The van der Waals surface area contributed by atoms with Crippen LogP contribution in [0, 0.1) is 17.8 Å². The number of rotatable bonds is 3. The van der Waals surface area contributed by atoms with E-state index in [0.717, 1.165) is 23.3 Å². The second-order valence-corrected chi connectivity index (χ2v) is 6.21. The lowest BCUT2D eigenvalue weighted by atomic mass is 9.87. The highest BCUT2D eigenvalue weighted by atomic mass is 16.3. The molecule has 118 valence electrons. The number of benzene rings is 2. The quantitative estimate of drug-likeness (QED) is 0.730. The zero-order valence-electron chi connectivity index (χ0n) is 13.2. The molecule has 2 aromatic carbocycles. The van der Waals surface area contributed by atoms with Gasteiger partial charge in [-0.05, 0) is 36.2 Å². The van der Waals surface area contributed by atoms with Crippen LogP contribution in [0.4, 0.5) is 0 Å². The Kier molecular flexibility index (Phi) is 3.72. The van der Waals surface area contributed by atoms with Crippen molar-refractivity contribution in [2.75, 3.05) is 0 Å². The maximum atomic E-state index is 11.4. The standard InChI is InChI=1S/C22H18O2/c23-22(18-10-5-2-6-11-18,14-13-17-8-3-1-4-9-17)20-16-19(20)21-12-7-15-24-21/h1-12,15,19-20,23H,16H2. The third-order valence-corrected chi connectivity index (χ3v) is 4.62. The first kappa shape index (κ1) is 14.8. The minimum absolute atomic E-state index is 0.0438. The molecule has 3 aromatic rings. The van der Waals surface area contributed by atoms with Crippen LogP contribution < -0.4 is 0 Å². The van der Waals surface area contributed by atoms with Crippen molar-refractivity contribution in [3.05, 3.63) is 95.9 Å². The number of hydrogen-bond acceptors (Lipinski definition) is 2. The summed E-state index contributed by atoms with van der Waals surface area (Å²) >= 11 is 0. The Morgan fingerprint density at radius 1 is 0.917 bits per heavy atom. The number of furan rings is 1. The van der Waals surface area contributed by atoms with Gasteiger partial charge in [0, 0.05) is 17.4 Å². The van der Waals surface area contributed by atoms with Crippen molar-refractivity contribution >= 4 is 0 Å². The minimum atomic E-state index is -1.17.